The first-order valence-corrected chi connectivity index (χ1v) is 7.51. The summed E-state index contributed by atoms with van der Waals surface area (Å²) in [5, 5.41) is 0. The number of nitrogens with two attached hydrogens (primary N) is 1. The third kappa shape index (κ3) is 4.83. The molecule has 0 amide bonds. The molecular weight excluding hydrogens is 266 g/mol. The van der Waals surface area contributed by atoms with E-state index < -0.39 is 11.5 Å². The van der Waals surface area contributed by atoms with Crippen LogP contribution >= 0.6 is 0 Å². The quantitative estimate of drug-likeness (QED) is 0.748. The van der Waals surface area contributed by atoms with Crippen molar-refractivity contribution in [3.05, 3.63) is 35.9 Å². The highest BCUT2D eigenvalue weighted by atomic mass is 16.5. The van der Waals surface area contributed by atoms with Crippen molar-refractivity contribution in [2.24, 2.45) is 5.73 Å². The normalized spacial score (nSPS) is 14.5. The van der Waals surface area contributed by atoms with Gasteiger partial charge in [-0.25, -0.2) is 4.79 Å². The van der Waals surface area contributed by atoms with Crippen LogP contribution in [0.1, 0.15) is 46.1 Å². The van der Waals surface area contributed by atoms with E-state index in [0.717, 1.165) is 12.0 Å². The minimum Gasteiger partial charge on any atom is -0.464 e. The molecule has 4 heteroatoms. The van der Waals surface area contributed by atoms with Gasteiger partial charge in [-0.05, 0) is 32.8 Å². The van der Waals surface area contributed by atoms with Crippen LogP contribution in [0.15, 0.2) is 30.3 Å². The monoisotopic (exact) mass is 293 g/mol. The standard InChI is InChI=1S/C17H27NO3/c1-5-16(3,4)21-13-12-17(18,15(19)20-6-2)14-10-8-7-9-11-14/h7-11H,5-6,12-13,18H2,1-4H3. The smallest absolute Gasteiger partial charge is 0.330 e. The van der Waals surface area contributed by atoms with Crippen molar-refractivity contribution in [3.8, 4) is 0 Å². The average molecular weight is 293 g/mol. The third-order valence-corrected chi connectivity index (χ3v) is 3.77. The van der Waals surface area contributed by atoms with E-state index in [1.807, 2.05) is 44.2 Å². The van der Waals surface area contributed by atoms with Gasteiger partial charge in [0.25, 0.3) is 0 Å². The van der Waals surface area contributed by atoms with Gasteiger partial charge in [0.2, 0.25) is 0 Å². The Morgan fingerprint density at radius 3 is 2.33 bits per heavy atom. The van der Waals surface area contributed by atoms with E-state index in [-0.39, 0.29) is 5.60 Å². The van der Waals surface area contributed by atoms with Crippen LogP contribution in [0.3, 0.4) is 0 Å². The number of hydrogen-bond donors (Lipinski definition) is 1. The first-order chi connectivity index (χ1) is 9.85. The molecule has 0 aliphatic rings. The highest BCUT2D eigenvalue weighted by molar-refractivity contribution is 5.82. The third-order valence-electron chi connectivity index (χ3n) is 3.77. The van der Waals surface area contributed by atoms with Gasteiger partial charge in [0.05, 0.1) is 12.2 Å². The minimum absolute atomic E-state index is 0.216. The largest absolute Gasteiger partial charge is 0.464 e. The maximum Gasteiger partial charge on any atom is 0.330 e. The molecule has 4 nitrogen and oxygen atoms in total. The summed E-state index contributed by atoms with van der Waals surface area (Å²) in [5.41, 5.74) is 5.73. The fourth-order valence-electron chi connectivity index (χ4n) is 1.95. The lowest BCUT2D eigenvalue weighted by Crippen LogP contribution is -2.47. The molecule has 1 atom stereocenters. The number of carbonyl (C=O) groups excluding carboxylic acids is 1. The fourth-order valence-corrected chi connectivity index (χ4v) is 1.95. The number of hydrogen-bond acceptors (Lipinski definition) is 4. The van der Waals surface area contributed by atoms with Crippen LogP contribution in [0, 0.1) is 0 Å². The van der Waals surface area contributed by atoms with Crippen molar-refractivity contribution in [1.29, 1.82) is 0 Å². The lowest BCUT2D eigenvalue weighted by molar-refractivity contribution is -0.151. The van der Waals surface area contributed by atoms with Crippen LogP contribution in [0.5, 0.6) is 0 Å². The lowest BCUT2D eigenvalue weighted by Gasteiger charge is -2.30. The van der Waals surface area contributed by atoms with Crippen LogP contribution < -0.4 is 5.73 Å². The van der Waals surface area contributed by atoms with E-state index in [1.165, 1.54) is 0 Å². The second-order valence-corrected chi connectivity index (χ2v) is 5.77. The van der Waals surface area contributed by atoms with Crippen LogP contribution in [0.25, 0.3) is 0 Å². The Morgan fingerprint density at radius 1 is 1.19 bits per heavy atom. The summed E-state index contributed by atoms with van der Waals surface area (Å²) >= 11 is 0. The van der Waals surface area contributed by atoms with Crippen molar-refractivity contribution in [3.63, 3.8) is 0 Å². The maximum atomic E-state index is 12.3. The van der Waals surface area contributed by atoms with Crippen molar-refractivity contribution in [2.45, 2.75) is 51.7 Å². The molecule has 0 saturated heterocycles. The van der Waals surface area contributed by atoms with Crippen LogP contribution in [0.2, 0.25) is 0 Å². The van der Waals surface area contributed by atoms with Gasteiger partial charge in [0.15, 0.2) is 0 Å². The predicted octanol–water partition coefficient (Wildman–Crippen LogP) is 3.00. The summed E-state index contributed by atoms with van der Waals surface area (Å²) in [7, 11) is 0. The van der Waals surface area contributed by atoms with Crippen molar-refractivity contribution in [1.82, 2.24) is 0 Å². The topological polar surface area (TPSA) is 61.5 Å². The zero-order chi connectivity index (χ0) is 15.9. The van der Waals surface area contributed by atoms with Crippen LogP contribution in [0.4, 0.5) is 0 Å². The van der Waals surface area contributed by atoms with Gasteiger partial charge >= 0.3 is 5.97 Å². The van der Waals surface area contributed by atoms with Crippen LogP contribution in [-0.4, -0.2) is 24.8 Å². The maximum absolute atomic E-state index is 12.3. The Labute approximate surface area is 127 Å². The average Bonchev–Trinajstić information content (AvgIpc) is 2.48. The van der Waals surface area contributed by atoms with Gasteiger partial charge in [-0.2, -0.15) is 0 Å². The number of benzene rings is 1. The Balaban J connectivity index is 2.86. The summed E-state index contributed by atoms with van der Waals surface area (Å²) < 4.78 is 11.0. The Kier molecular flexibility index (Phi) is 6.37. The molecule has 21 heavy (non-hydrogen) atoms. The van der Waals surface area contributed by atoms with Crippen molar-refractivity contribution in [2.75, 3.05) is 13.2 Å². The molecule has 1 aromatic rings. The summed E-state index contributed by atoms with van der Waals surface area (Å²) in [6.07, 6.45) is 1.29. The molecule has 0 aliphatic heterocycles. The molecule has 1 rings (SSSR count). The first-order valence-electron chi connectivity index (χ1n) is 7.51. The minimum atomic E-state index is -1.17. The van der Waals surface area contributed by atoms with E-state index >= 15 is 0 Å². The van der Waals surface area contributed by atoms with E-state index in [1.54, 1.807) is 6.92 Å². The molecule has 0 heterocycles. The summed E-state index contributed by atoms with van der Waals surface area (Å²) in [6.45, 7) is 8.62. The van der Waals surface area contributed by atoms with E-state index in [4.69, 9.17) is 15.2 Å². The van der Waals surface area contributed by atoms with Gasteiger partial charge in [-0.1, -0.05) is 37.3 Å². The SMILES string of the molecule is CCOC(=O)C(N)(CCOC(C)(C)CC)c1ccccc1. The van der Waals surface area contributed by atoms with Gasteiger partial charge in [0.1, 0.15) is 5.54 Å². The molecule has 0 bridgehead atoms. The van der Waals surface area contributed by atoms with Crippen molar-refractivity contribution >= 4 is 5.97 Å². The van der Waals surface area contributed by atoms with E-state index in [9.17, 15) is 4.79 Å². The molecule has 2 N–H and O–H groups in total. The number of esters is 1. The summed E-state index contributed by atoms with van der Waals surface area (Å²) in [6, 6.07) is 9.33. The summed E-state index contributed by atoms with van der Waals surface area (Å²) in [5.74, 6) is -0.408. The van der Waals surface area contributed by atoms with Gasteiger partial charge in [-0.15, -0.1) is 0 Å². The molecule has 118 valence electrons. The second kappa shape index (κ2) is 7.57. The first kappa shape index (κ1) is 17.7. The zero-order valence-electron chi connectivity index (χ0n) is 13.5. The van der Waals surface area contributed by atoms with Gasteiger partial charge in [-0.3, -0.25) is 0 Å². The summed E-state index contributed by atoms with van der Waals surface area (Å²) in [4.78, 5) is 12.3. The number of ether oxygens (including phenoxy) is 2. The molecule has 0 radical (unpaired) electrons. The Morgan fingerprint density at radius 2 is 1.81 bits per heavy atom. The van der Waals surface area contributed by atoms with Gasteiger partial charge in [0, 0.05) is 13.0 Å². The van der Waals surface area contributed by atoms with E-state index in [2.05, 4.69) is 6.92 Å². The lowest BCUT2D eigenvalue weighted by atomic mass is 9.88. The highest BCUT2D eigenvalue weighted by Crippen LogP contribution is 2.25. The molecule has 0 fully saturated rings. The van der Waals surface area contributed by atoms with Crippen LogP contribution in [-0.2, 0) is 19.8 Å². The fraction of sp³-hybridized carbons (Fsp3) is 0.588. The van der Waals surface area contributed by atoms with Crippen molar-refractivity contribution < 1.29 is 14.3 Å². The molecule has 0 saturated carbocycles. The molecule has 1 unspecified atom stereocenters. The molecular formula is C17H27NO3. The Hall–Kier alpha value is -1.39. The predicted molar refractivity (Wildman–Crippen MR) is 83.9 cm³/mol. The molecule has 0 spiro atoms. The number of rotatable bonds is 8. The molecule has 0 aromatic heterocycles. The Bertz CT molecular complexity index is 445. The zero-order valence-corrected chi connectivity index (χ0v) is 13.5. The second-order valence-electron chi connectivity index (χ2n) is 5.77. The highest BCUT2D eigenvalue weighted by Gasteiger charge is 2.37. The molecule has 1 aromatic carbocycles. The number of carbonyl (C=O) groups is 1. The van der Waals surface area contributed by atoms with E-state index in [0.29, 0.717) is 19.6 Å². The molecule has 0 aliphatic carbocycles. The van der Waals surface area contributed by atoms with Gasteiger partial charge < -0.3 is 15.2 Å².